The topological polar surface area (TPSA) is 52.9 Å². The van der Waals surface area contributed by atoms with Gasteiger partial charge < -0.3 is 19.8 Å². The summed E-state index contributed by atoms with van der Waals surface area (Å²) in [6, 6.07) is 16.6. The van der Waals surface area contributed by atoms with E-state index >= 15 is 0 Å². The van der Waals surface area contributed by atoms with Crippen molar-refractivity contribution in [3.8, 4) is 11.1 Å². The maximum Gasteiger partial charge on any atom is 0.107 e. The summed E-state index contributed by atoms with van der Waals surface area (Å²) >= 11 is 0. The van der Waals surface area contributed by atoms with Crippen LogP contribution in [0.15, 0.2) is 48.5 Å². The third kappa shape index (κ3) is 3.39. The lowest BCUT2D eigenvalue weighted by atomic mass is 10.00. The van der Waals surface area contributed by atoms with E-state index in [1.807, 2.05) is 26.2 Å². The number of aliphatic hydroxyl groups is 2. The second-order valence-electron chi connectivity index (χ2n) is 6.21. The Morgan fingerprint density at radius 1 is 1.00 bits per heavy atom. The van der Waals surface area contributed by atoms with Gasteiger partial charge in [-0.25, -0.2) is 0 Å². The van der Waals surface area contributed by atoms with Crippen LogP contribution in [0.1, 0.15) is 18.1 Å². The van der Waals surface area contributed by atoms with Crippen molar-refractivity contribution in [1.82, 2.24) is 0 Å². The molecule has 122 valence electrons. The first-order valence-corrected chi connectivity index (χ1v) is 7.90. The second-order valence-corrected chi connectivity index (χ2v) is 6.21. The van der Waals surface area contributed by atoms with E-state index in [9.17, 15) is 5.11 Å². The number of hydrogen-bond acceptors (Lipinski definition) is 4. The van der Waals surface area contributed by atoms with E-state index in [0.717, 1.165) is 11.1 Å². The van der Waals surface area contributed by atoms with Crippen molar-refractivity contribution < 1.29 is 14.9 Å². The van der Waals surface area contributed by atoms with Gasteiger partial charge in [-0.1, -0.05) is 36.4 Å². The van der Waals surface area contributed by atoms with E-state index in [1.165, 1.54) is 11.3 Å². The molecule has 1 fully saturated rings. The molecule has 3 atom stereocenters. The van der Waals surface area contributed by atoms with Crippen molar-refractivity contribution in [2.75, 3.05) is 25.6 Å². The number of rotatable bonds is 4. The van der Waals surface area contributed by atoms with Crippen molar-refractivity contribution in [1.29, 1.82) is 0 Å². The molecule has 23 heavy (non-hydrogen) atoms. The Balaban J connectivity index is 1.74. The molecule has 3 rings (SSSR count). The van der Waals surface area contributed by atoms with E-state index in [-0.39, 0.29) is 12.7 Å². The van der Waals surface area contributed by atoms with Gasteiger partial charge in [0.1, 0.15) is 6.10 Å². The van der Waals surface area contributed by atoms with E-state index in [0.29, 0.717) is 6.42 Å². The first-order chi connectivity index (χ1) is 11.1. The predicted molar refractivity (Wildman–Crippen MR) is 91.5 cm³/mol. The lowest BCUT2D eigenvalue weighted by Crippen LogP contribution is -2.24. The number of hydrogen-bond donors (Lipinski definition) is 2. The zero-order valence-corrected chi connectivity index (χ0v) is 13.5. The quantitative estimate of drug-likeness (QED) is 0.911. The average Bonchev–Trinajstić information content (AvgIpc) is 2.96. The molecule has 0 radical (unpaired) electrons. The zero-order valence-electron chi connectivity index (χ0n) is 13.5. The molecule has 0 bridgehead atoms. The molecule has 2 aromatic rings. The zero-order chi connectivity index (χ0) is 16.4. The number of anilines is 1. The summed E-state index contributed by atoms with van der Waals surface area (Å²) in [7, 11) is 4.05. The Bertz CT molecular complexity index is 637. The molecule has 0 spiro atoms. The minimum atomic E-state index is -0.594. The fraction of sp³-hybridized carbons (Fsp3) is 0.368. The summed E-state index contributed by atoms with van der Waals surface area (Å²) < 4.78 is 5.69. The van der Waals surface area contributed by atoms with Crippen molar-refractivity contribution >= 4 is 5.69 Å². The van der Waals surface area contributed by atoms with Crippen LogP contribution in [0.25, 0.3) is 11.1 Å². The minimum Gasteiger partial charge on any atom is -0.394 e. The molecular formula is C19H23NO3. The molecule has 1 heterocycles. The first-order valence-electron chi connectivity index (χ1n) is 7.90. The molecule has 0 aromatic heterocycles. The third-order valence-corrected chi connectivity index (χ3v) is 4.40. The molecular weight excluding hydrogens is 290 g/mol. The highest BCUT2D eigenvalue weighted by Crippen LogP contribution is 2.34. The SMILES string of the molecule is CN(C)c1ccc(-c2ccc([C@H]3C[C@H](O)[C@@H](CO)O3)cc2)cc1. The molecule has 0 unspecified atom stereocenters. The van der Waals surface area contributed by atoms with Crippen molar-refractivity contribution in [3.05, 3.63) is 54.1 Å². The summed E-state index contributed by atoms with van der Waals surface area (Å²) in [4.78, 5) is 2.08. The molecule has 2 N–H and O–H groups in total. The Morgan fingerprint density at radius 2 is 1.57 bits per heavy atom. The van der Waals surface area contributed by atoms with Gasteiger partial charge in [0.2, 0.25) is 0 Å². The predicted octanol–water partition coefficient (Wildman–Crippen LogP) is 2.60. The summed E-state index contributed by atoms with van der Waals surface area (Å²) in [5.41, 5.74) is 4.53. The van der Waals surface area contributed by atoms with Crippen LogP contribution >= 0.6 is 0 Å². The van der Waals surface area contributed by atoms with Gasteiger partial charge in [0.25, 0.3) is 0 Å². The van der Waals surface area contributed by atoms with Crippen molar-refractivity contribution in [2.24, 2.45) is 0 Å². The molecule has 4 nitrogen and oxygen atoms in total. The third-order valence-electron chi connectivity index (χ3n) is 4.40. The highest BCUT2D eigenvalue weighted by atomic mass is 16.5. The van der Waals surface area contributed by atoms with E-state index in [2.05, 4.69) is 41.3 Å². The highest BCUT2D eigenvalue weighted by Gasteiger charge is 2.34. The van der Waals surface area contributed by atoms with Crippen LogP contribution in [0.2, 0.25) is 0 Å². The monoisotopic (exact) mass is 313 g/mol. The maximum absolute atomic E-state index is 9.84. The molecule has 4 heteroatoms. The largest absolute Gasteiger partial charge is 0.394 e. The van der Waals surface area contributed by atoms with Gasteiger partial charge in [-0.2, -0.15) is 0 Å². The number of ether oxygens (including phenoxy) is 1. The summed E-state index contributed by atoms with van der Waals surface area (Å²) in [6.45, 7) is -0.145. The van der Waals surface area contributed by atoms with E-state index in [4.69, 9.17) is 9.84 Å². The Hall–Kier alpha value is -1.88. The second kappa shape index (κ2) is 6.71. The maximum atomic E-state index is 9.84. The molecule has 1 aliphatic rings. The molecule has 1 saturated heterocycles. The number of nitrogens with zero attached hydrogens (tertiary/aromatic N) is 1. The van der Waals surface area contributed by atoms with E-state index in [1.54, 1.807) is 0 Å². The van der Waals surface area contributed by atoms with Gasteiger partial charge >= 0.3 is 0 Å². The van der Waals surface area contributed by atoms with Gasteiger partial charge in [-0.05, 0) is 28.8 Å². The van der Waals surface area contributed by atoms with Crippen LogP contribution in [0.3, 0.4) is 0 Å². The van der Waals surface area contributed by atoms with Crippen molar-refractivity contribution in [3.63, 3.8) is 0 Å². The standard InChI is InChI=1S/C19H23NO3/c1-20(2)16-9-7-14(8-10-16)13-3-5-15(6-4-13)18-11-17(22)19(12-21)23-18/h3-10,17-19,21-22H,11-12H2,1-2H3/t17-,18+,19+/m0/s1. The van der Waals surface area contributed by atoms with Gasteiger partial charge in [0.15, 0.2) is 0 Å². The fourth-order valence-electron chi connectivity index (χ4n) is 2.95. The van der Waals surface area contributed by atoms with Gasteiger partial charge in [-0.15, -0.1) is 0 Å². The lowest BCUT2D eigenvalue weighted by Gasteiger charge is -2.14. The Morgan fingerprint density at radius 3 is 2.04 bits per heavy atom. The van der Waals surface area contributed by atoms with Crippen LogP contribution in [0, 0.1) is 0 Å². The smallest absolute Gasteiger partial charge is 0.107 e. The van der Waals surface area contributed by atoms with Crippen LogP contribution in [-0.2, 0) is 4.74 Å². The Kier molecular flexibility index (Phi) is 4.66. The van der Waals surface area contributed by atoms with Gasteiger partial charge in [-0.3, -0.25) is 0 Å². The molecule has 1 aliphatic heterocycles. The highest BCUT2D eigenvalue weighted by molar-refractivity contribution is 5.66. The average molecular weight is 313 g/mol. The normalized spacial score (nSPS) is 23.9. The van der Waals surface area contributed by atoms with Crippen LogP contribution in [-0.4, -0.2) is 43.1 Å². The molecule has 0 saturated carbocycles. The summed E-state index contributed by atoms with van der Waals surface area (Å²) in [5.74, 6) is 0. The van der Waals surface area contributed by atoms with Gasteiger partial charge in [0, 0.05) is 26.2 Å². The lowest BCUT2D eigenvalue weighted by molar-refractivity contribution is -0.0225. The Labute approximate surface area is 136 Å². The summed E-state index contributed by atoms with van der Waals surface area (Å²) in [5, 5.41) is 19.0. The molecule has 0 aliphatic carbocycles. The van der Waals surface area contributed by atoms with E-state index < -0.39 is 12.2 Å². The fourth-order valence-corrected chi connectivity index (χ4v) is 2.95. The first kappa shape index (κ1) is 16.0. The number of aliphatic hydroxyl groups excluding tert-OH is 2. The van der Waals surface area contributed by atoms with Crippen LogP contribution in [0.5, 0.6) is 0 Å². The van der Waals surface area contributed by atoms with Crippen molar-refractivity contribution in [2.45, 2.75) is 24.7 Å². The minimum absolute atomic E-state index is 0.145. The van der Waals surface area contributed by atoms with Crippen LogP contribution < -0.4 is 4.90 Å². The number of benzene rings is 2. The molecule has 0 amide bonds. The molecule has 2 aromatic carbocycles. The summed E-state index contributed by atoms with van der Waals surface area (Å²) in [6.07, 6.45) is -0.684. The van der Waals surface area contributed by atoms with Gasteiger partial charge in [0.05, 0.1) is 18.8 Å². The van der Waals surface area contributed by atoms with Crippen LogP contribution in [0.4, 0.5) is 5.69 Å².